The number of aliphatic imine (C=N–C) groups is 1. The normalized spacial score (nSPS) is 19.4. The van der Waals surface area contributed by atoms with Gasteiger partial charge in [-0.2, -0.15) is 0 Å². The van der Waals surface area contributed by atoms with Gasteiger partial charge in [0.25, 0.3) is 0 Å². The van der Waals surface area contributed by atoms with Crippen LogP contribution in [-0.4, -0.2) is 49.1 Å². The average Bonchev–Trinajstić information content (AvgIpc) is 2.96. The zero-order valence-electron chi connectivity index (χ0n) is 13.3. The first kappa shape index (κ1) is 18.6. The molecule has 1 saturated heterocycles. The van der Waals surface area contributed by atoms with Crippen molar-refractivity contribution in [3.05, 3.63) is 15.6 Å². The van der Waals surface area contributed by atoms with Crippen molar-refractivity contribution in [3.63, 3.8) is 0 Å². The molecule has 120 valence electrons. The molecule has 0 aliphatic carbocycles. The van der Waals surface area contributed by atoms with Crippen LogP contribution >= 0.6 is 35.3 Å². The second-order valence-corrected chi connectivity index (χ2v) is 6.61. The molecule has 1 aliphatic rings. The quantitative estimate of drug-likeness (QED) is 0.443. The van der Waals surface area contributed by atoms with Gasteiger partial charge in [0.15, 0.2) is 5.96 Å². The first-order valence-corrected chi connectivity index (χ1v) is 7.99. The van der Waals surface area contributed by atoms with Gasteiger partial charge in [0.1, 0.15) is 0 Å². The molecule has 1 atom stereocenters. The van der Waals surface area contributed by atoms with Crippen LogP contribution in [0.25, 0.3) is 0 Å². The standard InChI is InChI=1S/C14H25N5S.HI/c1-10-13(20-11(2)18-10)9-17-14(15-3)16-8-12-6-5-7-19(12)4;/h12H,5-9H2,1-4H3,(H2,15,16,17);1H. The average molecular weight is 423 g/mol. The molecule has 2 N–H and O–H groups in total. The summed E-state index contributed by atoms with van der Waals surface area (Å²) in [5.41, 5.74) is 1.12. The Bertz CT molecular complexity index is 474. The van der Waals surface area contributed by atoms with Gasteiger partial charge in [-0.25, -0.2) is 4.98 Å². The van der Waals surface area contributed by atoms with Crippen molar-refractivity contribution in [3.8, 4) is 0 Å². The smallest absolute Gasteiger partial charge is 0.191 e. The van der Waals surface area contributed by atoms with Crippen molar-refractivity contribution < 1.29 is 0 Å². The maximum Gasteiger partial charge on any atom is 0.191 e. The minimum atomic E-state index is 0. The predicted molar refractivity (Wildman–Crippen MR) is 101 cm³/mol. The summed E-state index contributed by atoms with van der Waals surface area (Å²) < 4.78 is 0. The van der Waals surface area contributed by atoms with Gasteiger partial charge in [0.05, 0.1) is 17.2 Å². The van der Waals surface area contributed by atoms with Gasteiger partial charge in [-0.1, -0.05) is 0 Å². The molecule has 0 saturated carbocycles. The van der Waals surface area contributed by atoms with E-state index in [9.17, 15) is 0 Å². The number of nitrogens with zero attached hydrogens (tertiary/aromatic N) is 3. The molecule has 0 aromatic carbocycles. The number of thiazole rings is 1. The Morgan fingerprint density at radius 2 is 2.19 bits per heavy atom. The first-order valence-electron chi connectivity index (χ1n) is 7.18. The minimum absolute atomic E-state index is 0. The molecule has 1 aromatic rings. The molecule has 7 heteroatoms. The lowest BCUT2D eigenvalue weighted by molar-refractivity contribution is 0.309. The fourth-order valence-electron chi connectivity index (χ4n) is 2.57. The van der Waals surface area contributed by atoms with E-state index < -0.39 is 0 Å². The van der Waals surface area contributed by atoms with Crippen LogP contribution in [0.3, 0.4) is 0 Å². The van der Waals surface area contributed by atoms with E-state index in [0.29, 0.717) is 6.04 Å². The largest absolute Gasteiger partial charge is 0.355 e. The van der Waals surface area contributed by atoms with Crippen LogP contribution in [0.5, 0.6) is 0 Å². The van der Waals surface area contributed by atoms with Crippen LogP contribution in [0, 0.1) is 13.8 Å². The molecule has 1 fully saturated rings. The number of hydrogen-bond donors (Lipinski definition) is 2. The van der Waals surface area contributed by atoms with Crippen molar-refractivity contribution in [2.24, 2.45) is 4.99 Å². The summed E-state index contributed by atoms with van der Waals surface area (Å²) in [6.07, 6.45) is 2.57. The Hall–Kier alpha value is -0.410. The van der Waals surface area contributed by atoms with Crippen molar-refractivity contribution in [1.29, 1.82) is 0 Å². The summed E-state index contributed by atoms with van der Waals surface area (Å²) >= 11 is 1.75. The van der Waals surface area contributed by atoms with E-state index in [1.54, 1.807) is 11.3 Å². The molecule has 0 spiro atoms. The van der Waals surface area contributed by atoms with Crippen LogP contribution in [-0.2, 0) is 6.54 Å². The van der Waals surface area contributed by atoms with Crippen molar-refractivity contribution in [1.82, 2.24) is 20.5 Å². The molecular weight excluding hydrogens is 397 g/mol. The lowest BCUT2D eigenvalue weighted by Crippen LogP contribution is -2.43. The zero-order valence-corrected chi connectivity index (χ0v) is 16.4. The highest BCUT2D eigenvalue weighted by Gasteiger charge is 2.20. The summed E-state index contributed by atoms with van der Waals surface area (Å²) in [6.45, 7) is 7.06. The molecule has 5 nitrogen and oxygen atoms in total. The Balaban J connectivity index is 0.00000220. The Morgan fingerprint density at radius 3 is 2.71 bits per heavy atom. The molecule has 1 aliphatic heterocycles. The fraction of sp³-hybridized carbons (Fsp3) is 0.714. The molecule has 0 amide bonds. The van der Waals surface area contributed by atoms with Gasteiger partial charge >= 0.3 is 0 Å². The molecular formula is C14H26IN5S. The number of likely N-dealkylation sites (tertiary alicyclic amines) is 1. The molecule has 1 unspecified atom stereocenters. The highest BCUT2D eigenvalue weighted by Crippen LogP contribution is 2.16. The number of halogens is 1. The molecule has 0 radical (unpaired) electrons. The third-order valence-corrected chi connectivity index (χ3v) is 4.89. The third-order valence-electron chi connectivity index (χ3n) is 3.82. The number of hydrogen-bond acceptors (Lipinski definition) is 4. The maximum atomic E-state index is 4.45. The van der Waals surface area contributed by atoms with E-state index in [1.165, 1.54) is 24.3 Å². The summed E-state index contributed by atoms with van der Waals surface area (Å²) in [5.74, 6) is 0.871. The summed E-state index contributed by atoms with van der Waals surface area (Å²) in [4.78, 5) is 12.4. The number of guanidine groups is 1. The van der Waals surface area contributed by atoms with Crippen LogP contribution in [0.15, 0.2) is 4.99 Å². The molecule has 2 heterocycles. The summed E-state index contributed by atoms with van der Waals surface area (Å²) in [6, 6.07) is 0.626. The Morgan fingerprint density at radius 1 is 1.43 bits per heavy atom. The van der Waals surface area contributed by atoms with E-state index in [1.807, 2.05) is 14.0 Å². The van der Waals surface area contributed by atoms with Crippen LogP contribution in [0.2, 0.25) is 0 Å². The highest BCUT2D eigenvalue weighted by atomic mass is 127. The number of likely N-dealkylation sites (N-methyl/N-ethyl adjacent to an activating group) is 1. The molecule has 1 aromatic heterocycles. The van der Waals surface area contributed by atoms with E-state index in [0.717, 1.165) is 29.8 Å². The van der Waals surface area contributed by atoms with E-state index in [-0.39, 0.29) is 24.0 Å². The summed E-state index contributed by atoms with van der Waals surface area (Å²) in [7, 11) is 4.01. The van der Waals surface area contributed by atoms with Crippen LogP contribution in [0.1, 0.15) is 28.4 Å². The van der Waals surface area contributed by atoms with Gasteiger partial charge in [0.2, 0.25) is 0 Å². The first-order chi connectivity index (χ1) is 9.60. The van der Waals surface area contributed by atoms with Gasteiger partial charge in [-0.15, -0.1) is 35.3 Å². The second-order valence-electron chi connectivity index (χ2n) is 5.32. The minimum Gasteiger partial charge on any atom is -0.355 e. The van der Waals surface area contributed by atoms with E-state index in [4.69, 9.17) is 0 Å². The molecule has 21 heavy (non-hydrogen) atoms. The SMILES string of the molecule is CN=C(NCc1sc(C)nc1C)NCC1CCCN1C.I. The van der Waals surface area contributed by atoms with Gasteiger partial charge < -0.3 is 15.5 Å². The van der Waals surface area contributed by atoms with Crippen LogP contribution in [0.4, 0.5) is 0 Å². The fourth-order valence-corrected chi connectivity index (χ4v) is 3.45. The monoisotopic (exact) mass is 423 g/mol. The van der Waals surface area contributed by atoms with Crippen LogP contribution < -0.4 is 10.6 Å². The second kappa shape index (κ2) is 8.89. The molecule has 0 bridgehead atoms. The lowest BCUT2D eigenvalue weighted by Gasteiger charge is -2.21. The predicted octanol–water partition coefficient (Wildman–Crippen LogP) is 2.14. The van der Waals surface area contributed by atoms with Crippen molar-refractivity contribution in [2.45, 2.75) is 39.3 Å². The number of aromatic nitrogens is 1. The number of nitrogens with one attached hydrogen (secondary N) is 2. The number of aryl methyl sites for hydroxylation is 2. The third kappa shape index (κ3) is 5.37. The van der Waals surface area contributed by atoms with E-state index in [2.05, 4.69) is 39.5 Å². The zero-order chi connectivity index (χ0) is 14.5. The van der Waals surface area contributed by atoms with E-state index >= 15 is 0 Å². The van der Waals surface area contributed by atoms with Crippen molar-refractivity contribution >= 4 is 41.3 Å². The topological polar surface area (TPSA) is 52.6 Å². The lowest BCUT2D eigenvalue weighted by atomic mass is 10.2. The van der Waals surface area contributed by atoms with Gasteiger partial charge in [-0.05, 0) is 40.3 Å². The maximum absolute atomic E-state index is 4.45. The highest BCUT2D eigenvalue weighted by molar-refractivity contribution is 14.0. The van der Waals surface area contributed by atoms with Crippen molar-refractivity contribution in [2.75, 3.05) is 27.2 Å². The summed E-state index contributed by atoms with van der Waals surface area (Å²) in [5, 5.41) is 7.91. The van der Waals surface area contributed by atoms with Gasteiger partial charge in [0, 0.05) is 24.5 Å². The number of rotatable bonds is 4. The van der Waals surface area contributed by atoms with Gasteiger partial charge in [-0.3, -0.25) is 4.99 Å². The Kier molecular flexibility index (Phi) is 7.89. The molecule has 2 rings (SSSR count). The Labute approximate surface area is 148 Å².